The number of anilines is 3. The normalized spacial score (nSPS) is 10.7. The number of benzene rings is 1. The number of aryl methyl sites for hydroxylation is 1. The Labute approximate surface area is 189 Å². The molecule has 4 N–H and O–H groups in total. The van der Waals surface area contributed by atoms with E-state index >= 15 is 0 Å². The summed E-state index contributed by atoms with van der Waals surface area (Å²) in [6.45, 7) is 11.3. The Hall–Kier alpha value is -1.79. The molecule has 6 nitrogen and oxygen atoms in total. The number of nitrogens with zero attached hydrogens (tertiary/aromatic N) is 3. The summed E-state index contributed by atoms with van der Waals surface area (Å²) in [5.74, 6) is -0.209. The molecule has 0 fully saturated rings. The maximum absolute atomic E-state index is 13.0. The Morgan fingerprint density at radius 3 is 2.43 bits per heavy atom. The zero-order chi connectivity index (χ0) is 21.9. The van der Waals surface area contributed by atoms with Crippen molar-refractivity contribution >= 4 is 17.5 Å². The molecule has 0 aliphatic heterocycles. The van der Waals surface area contributed by atoms with Crippen molar-refractivity contribution < 1.29 is 32.0 Å². The minimum atomic E-state index is -4.54. The molecule has 0 spiro atoms. The van der Waals surface area contributed by atoms with Crippen LogP contribution in [0.25, 0.3) is 0 Å². The van der Waals surface area contributed by atoms with Crippen LogP contribution in [0.2, 0.25) is 0 Å². The number of nitrogens with two attached hydrogens (primary N) is 1. The van der Waals surface area contributed by atoms with Gasteiger partial charge in [0.25, 0.3) is 0 Å². The average molecular weight is 416 g/mol. The minimum Gasteiger partial charge on any atom is -0.368 e. The van der Waals surface area contributed by atoms with Crippen molar-refractivity contribution in [3.05, 3.63) is 55.4 Å². The third-order valence-electron chi connectivity index (χ3n) is 3.87. The number of hydrogen-bond acceptors (Lipinski definition) is 6. The zero-order valence-electron chi connectivity index (χ0n) is 17.8. The van der Waals surface area contributed by atoms with Crippen LogP contribution >= 0.6 is 0 Å². The first-order valence-corrected chi connectivity index (χ1v) is 9.17. The Kier molecular flexibility index (Phi) is 13.4. The van der Waals surface area contributed by atoms with E-state index in [0.717, 1.165) is 37.0 Å². The first-order valence-electron chi connectivity index (χ1n) is 9.17. The third-order valence-corrected chi connectivity index (χ3v) is 3.87. The van der Waals surface area contributed by atoms with Crippen molar-refractivity contribution in [3.8, 4) is 0 Å². The van der Waals surface area contributed by atoms with Gasteiger partial charge in [-0.2, -0.15) is 36.4 Å². The second kappa shape index (κ2) is 14.3. The molecule has 162 valence electrons. The number of nitrogens with one attached hydrogen (secondary N) is 2. The van der Waals surface area contributed by atoms with Gasteiger partial charge < -0.3 is 35.1 Å². The van der Waals surface area contributed by atoms with Gasteiger partial charge in [-0.15, -0.1) is 24.7 Å². The molecule has 1 aromatic heterocycles. The van der Waals surface area contributed by atoms with E-state index in [1.807, 2.05) is 18.9 Å². The van der Waals surface area contributed by atoms with Gasteiger partial charge in [0, 0.05) is 19.3 Å². The van der Waals surface area contributed by atoms with Crippen LogP contribution in [0, 0.1) is 19.9 Å². The van der Waals surface area contributed by atoms with E-state index in [1.165, 1.54) is 0 Å². The predicted molar refractivity (Wildman–Crippen MR) is 111 cm³/mol. The monoisotopic (exact) mass is 416 g/mol. The van der Waals surface area contributed by atoms with E-state index in [1.54, 1.807) is 18.2 Å². The number of halogens is 3. The van der Waals surface area contributed by atoms with Crippen LogP contribution in [-0.2, 0) is 12.6 Å². The molecule has 0 saturated heterocycles. The molecular formula is C20H28F3LiN6-2. The van der Waals surface area contributed by atoms with Crippen molar-refractivity contribution in [2.45, 2.75) is 19.5 Å². The molecule has 2 aromatic rings. The summed E-state index contributed by atoms with van der Waals surface area (Å²) in [6.07, 6.45) is -3.03. The second-order valence-electron chi connectivity index (χ2n) is 6.03. The molecule has 1 heterocycles. The number of aromatic nitrogens is 2. The van der Waals surface area contributed by atoms with Gasteiger partial charge in [-0.05, 0) is 7.05 Å². The summed E-state index contributed by atoms with van der Waals surface area (Å²) in [7, 11) is 1.99. The molecule has 0 radical (unpaired) electrons. The molecule has 10 heteroatoms. The largest absolute Gasteiger partial charge is 1.00 e. The molecule has 0 aliphatic carbocycles. The predicted octanol–water partition coefficient (Wildman–Crippen LogP) is 0.563. The van der Waals surface area contributed by atoms with Crippen molar-refractivity contribution in [2.24, 2.45) is 5.73 Å². The SMILES string of the molecule is CCc1c[c-]ccc1Nc1ncc(C(F)(F)F)c(NCCN)n1.[CH2-]CN(C)C[CH2-].[Li+]. The smallest absolute Gasteiger partial charge is 0.368 e. The molecule has 0 bridgehead atoms. The van der Waals surface area contributed by atoms with E-state index in [4.69, 9.17) is 5.73 Å². The molecule has 2 rings (SSSR count). The maximum atomic E-state index is 13.0. The standard InChI is InChI=1S/C15H17F3N5.C5H11N.Li/c1-2-10-5-3-4-6-12(10)22-14-21-9-11(15(16,17)18)13(23-14)20-8-7-19;1-4-6(3)5-2;/h4-6,9H,2,7-8,19H2,1H3,(H2,20,21,22,23);1-2,4-5H2,3H3;/q-1;-2;+1. The van der Waals surface area contributed by atoms with Crippen LogP contribution in [-0.4, -0.2) is 48.1 Å². The molecule has 0 saturated carbocycles. The van der Waals surface area contributed by atoms with Crippen LogP contribution in [0.4, 0.5) is 30.6 Å². The molecular weight excluding hydrogens is 388 g/mol. The summed E-state index contributed by atoms with van der Waals surface area (Å²) in [5, 5.41) is 5.52. The van der Waals surface area contributed by atoms with Gasteiger partial charge in [-0.1, -0.05) is 19.0 Å². The zero-order valence-corrected chi connectivity index (χ0v) is 17.8. The van der Waals surface area contributed by atoms with Crippen molar-refractivity contribution in [2.75, 3.05) is 43.9 Å². The van der Waals surface area contributed by atoms with Crippen LogP contribution in [0.1, 0.15) is 18.1 Å². The van der Waals surface area contributed by atoms with Crippen LogP contribution in [0.5, 0.6) is 0 Å². The Bertz CT molecular complexity index is 739. The average Bonchev–Trinajstić information content (AvgIpc) is 2.71. The van der Waals surface area contributed by atoms with Crippen molar-refractivity contribution in [1.82, 2.24) is 14.9 Å². The molecule has 30 heavy (non-hydrogen) atoms. The molecule has 0 aliphatic rings. The summed E-state index contributed by atoms with van der Waals surface area (Å²) >= 11 is 0. The van der Waals surface area contributed by atoms with E-state index < -0.39 is 11.7 Å². The second-order valence-corrected chi connectivity index (χ2v) is 6.03. The Balaban J connectivity index is 0.00000105. The van der Waals surface area contributed by atoms with Gasteiger partial charge >= 0.3 is 25.0 Å². The van der Waals surface area contributed by atoms with Crippen molar-refractivity contribution in [1.29, 1.82) is 0 Å². The Morgan fingerprint density at radius 1 is 1.27 bits per heavy atom. The van der Waals surface area contributed by atoms with Gasteiger partial charge in [0.2, 0.25) is 5.95 Å². The van der Waals surface area contributed by atoms with Crippen LogP contribution in [0.3, 0.4) is 0 Å². The topological polar surface area (TPSA) is 79.1 Å². The first-order chi connectivity index (χ1) is 13.8. The molecule has 0 atom stereocenters. The van der Waals surface area contributed by atoms with Gasteiger partial charge in [0.1, 0.15) is 11.4 Å². The fraction of sp³-hybridized carbons (Fsp3) is 0.400. The summed E-state index contributed by atoms with van der Waals surface area (Å²) < 4.78 is 38.9. The van der Waals surface area contributed by atoms with E-state index in [0.29, 0.717) is 0 Å². The number of hydrogen-bond donors (Lipinski definition) is 3. The van der Waals surface area contributed by atoms with Crippen LogP contribution < -0.4 is 35.2 Å². The third kappa shape index (κ3) is 9.35. The van der Waals surface area contributed by atoms with Crippen molar-refractivity contribution in [3.63, 3.8) is 0 Å². The van der Waals surface area contributed by atoms with Gasteiger partial charge in [-0.3, -0.25) is 0 Å². The fourth-order valence-electron chi connectivity index (χ4n) is 2.09. The van der Waals surface area contributed by atoms with E-state index in [2.05, 4.69) is 40.5 Å². The fourth-order valence-corrected chi connectivity index (χ4v) is 2.09. The quantitative estimate of drug-likeness (QED) is 0.431. The number of alkyl halides is 3. The summed E-state index contributed by atoms with van der Waals surface area (Å²) in [5.41, 5.74) is 6.10. The van der Waals surface area contributed by atoms with Gasteiger partial charge in [-0.25, -0.2) is 4.98 Å². The first kappa shape index (κ1) is 28.2. The van der Waals surface area contributed by atoms with Gasteiger partial charge in [0.05, 0.1) is 0 Å². The molecule has 0 unspecified atom stereocenters. The molecule has 0 amide bonds. The molecule has 1 aromatic carbocycles. The number of rotatable bonds is 8. The maximum Gasteiger partial charge on any atom is 1.00 e. The van der Waals surface area contributed by atoms with Crippen LogP contribution in [0.15, 0.2) is 24.4 Å². The van der Waals surface area contributed by atoms with Gasteiger partial charge in [0.15, 0.2) is 0 Å². The van der Waals surface area contributed by atoms with E-state index in [9.17, 15) is 13.2 Å². The summed E-state index contributed by atoms with van der Waals surface area (Å²) in [4.78, 5) is 9.72. The summed E-state index contributed by atoms with van der Waals surface area (Å²) in [6, 6.07) is 8.23. The minimum absolute atomic E-state index is 0. The van der Waals surface area contributed by atoms with E-state index in [-0.39, 0.29) is 43.7 Å². The Morgan fingerprint density at radius 2 is 1.93 bits per heavy atom.